The number of hydrogen-bond acceptors (Lipinski definition) is 2. The zero-order valence-electron chi connectivity index (χ0n) is 10.3. The van der Waals surface area contributed by atoms with E-state index in [0.29, 0.717) is 12.3 Å². The SMILES string of the molecule is CCCC(=O)NCC1CCN(C(C)=O)CC1. The summed E-state index contributed by atoms with van der Waals surface area (Å²) in [5, 5.41) is 2.95. The summed E-state index contributed by atoms with van der Waals surface area (Å²) < 4.78 is 0. The summed E-state index contributed by atoms with van der Waals surface area (Å²) in [6.45, 7) is 6.06. The minimum Gasteiger partial charge on any atom is -0.356 e. The zero-order chi connectivity index (χ0) is 12.0. The lowest BCUT2D eigenvalue weighted by atomic mass is 9.97. The quantitative estimate of drug-likeness (QED) is 0.782. The fraction of sp³-hybridized carbons (Fsp3) is 0.833. The average Bonchev–Trinajstić information content (AvgIpc) is 2.27. The molecule has 0 saturated carbocycles. The molecule has 0 aromatic carbocycles. The van der Waals surface area contributed by atoms with Crippen LogP contribution >= 0.6 is 0 Å². The molecule has 4 nitrogen and oxygen atoms in total. The molecule has 0 aromatic heterocycles. The van der Waals surface area contributed by atoms with Gasteiger partial charge in [-0.3, -0.25) is 9.59 Å². The van der Waals surface area contributed by atoms with Crippen LogP contribution in [0.2, 0.25) is 0 Å². The molecule has 1 aliphatic heterocycles. The maximum absolute atomic E-state index is 11.3. The molecule has 0 aliphatic carbocycles. The van der Waals surface area contributed by atoms with Crippen LogP contribution < -0.4 is 5.32 Å². The first kappa shape index (κ1) is 13.0. The third-order valence-electron chi connectivity index (χ3n) is 3.12. The lowest BCUT2D eigenvalue weighted by molar-refractivity contribution is -0.130. The van der Waals surface area contributed by atoms with Crippen molar-refractivity contribution in [1.82, 2.24) is 10.2 Å². The van der Waals surface area contributed by atoms with Crippen molar-refractivity contribution in [1.29, 1.82) is 0 Å². The van der Waals surface area contributed by atoms with E-state index in [-0.39, 0.29) is 11.8 Å². The van der Waals surface area contributed by atoms with E-state index in [2.05, 4.69) is 5.32 Å². The van der Waals surface area contributed by atoms with Gasteiger partial charge in [-0.15, -0.1) is 0 Å². The van der Waals surface area contributed by atoms with Gasteiger partial charge in [-0.05, 0) is 25.2 Å². The Morgan fingerprint density at radius 2 is 1.94 bits per heavy atom. The van der Waals surface area contributed by atoms with Gasteiger partial charge < -0.3 is 10.2 Å². The molecule has 1 rings (SSSR count). The number of hydrogen-bond donors (Lipinski definition) is 1. The first-order chi connectivity index (χ1) is 7.63. The van der Waals surface area contributed by atoms with Crippen LogP contribution in [-0.4, -0.2) is 36.3 Å². The second-order valence-corrected chi connectivity index (χ2v) is 4.50. The van der Waals surface area contributed by atoms with Gasteiger partial charge in [0, 0.05) is 33.0 Å². The first-order valence-corrected chi connectivity index (χ1v) is 6.15. The van der Waals surface area contributed by atoms with Crippen molar-refractivity contribution in [2.24, 2.45) is 5.92 Å². The van der Waals surface area contributed by atoms with E-state index in [0.717, 1.165) is 38.9 Å². The number of nitrogens with one attached hydrogen (secondary N) is 1. The highest BCUT2D eigenvalue weighted by atomic mass is 16.2. The highest BCUT2D eigenvalue weighted by Crippen LogP contribution is 2.16. The van der Waals surface area contributed by atoms with E-state index in [1.165, 1.54) is 0 Å². The second kappa shape index (κ2) is 6.51. The Labute approximate surface area is 97.4 Å². The monoisotopic (exact) mass is 226 g/mol. The van der Waals surface area contributed by atoms with Gasteiger partial charge in [-0.2, -0.15) is 0 Å². The van der Waals surface area contributed by atoms with Crippen LogP contribution in [0.4, 0.5) is 0 Å². The number of amides is 2. The van der Waals surface area contributed by atoms with E-state index in [9.17, 15) is 9.59 Å². The summed E-state index contributed by atoms with van der Waals surface area (Å²) in [7, 11) is 0. The first-order valence-electron chi connectivity index (χ1n) is 6.15. The number of carbonyl (C=O) groups is 2. The van der Waals surface area contributed by atoms with Gasteiger partial charge in [0.2, 0.25) is 11.8 Å². The highest BCUT2D eigenvalue weighted by Gasteiger charge is 2.20. The molecule has 0 unspecified atom stereocenters. The van der Waals surface area contributed by atoms with Crippen LogP contribution in [-0.2, 0) is 9.59 Å². The van der Waals surface area contributed by atoms with Gasteiger partial charge in [0.25, 0.3) is 0 Å². The molecule has 92 valence electrons. The average molecular weight is 226 g/mol. The van der Waals surface area contributed by atoms with E-state index in [4.69, 9.17) is 0 Å². The van der Waals surface area contributed by atoms with E-state index >= 15 is 0 Å². The molecule has 16 heavy (non-hydrogen) atoms. The predicted octanol–water partition coefficient (Wildman–Crippen LogP) is 1.16. The fourth-order valence-electron chi connectivity index (χ4n) is 2.03. The number of likely N-dealkylation sites (tertiary alicyclic amines) is 1. The third-order valence-corrected chi connectivity index (χ3v) is 3.12. The molecule has 1 N–H and O–H groups in total. The summed E-state index contributed by atoms with van der Waals surface area (Å²) in [5.41, 5.74) is 0. The summed E-state index contributed by atoms with van der Waals surface area (Å²) in [6.07, 6.45) is 3.53. The number of nitrogens with zero attached hydrogens (tertiary/aromatic N) is 1. The van der Waals surface area contributed by atoms with E-state index in [1.54, 1.807) is 6.92 Å². The Bertz CT molecular complexity index is 245. The number of piperidine rings is 1. The van der Waals surface area contributed by atoms with Crippen LogP contribution in [0.3, 0.4) is 0 Å². The molecule has 1 fully saturated rings. The molecule has 0 aromatic rings. The Kier molecular flexibility index (Phi) is 5.29. The maximum atomic E-state index is 11.3. The molecule has 0 bridgehead atoms. The van der Waals surface area contributed by atoms with Crippen molar-refractivity contribution in [3.05, 3.63) is 0 Å². The second-order valence-electron chi connectivity index (χ2n) is 4.50. The van der Waals surface area contributed by atoms with Crippen molar-refractivity contribution < 1.29 is 9.59 Å². The van der Waals surface area contributed by atoms with Crippen LogP contribution in [0.25, 0.3) is 0 Å². The van der Waals surface area contributed by atoms with Crippen molar-refractivity contribution in [2.75, 3.05) is 19.6 Å². The summed E-state index contributed by atoms with van der Waals surface area (Å²) in [5.74, 6) is 0.848. The van der Waals surface area contributed by atoms with Crippen LogP contribution in [0.15, 0.2) is 0 Å². The van der Waals surface area contributed by atoms with Crippen molar-refractivity contribution >= 4 is 11.8 Å². The number of carbonyl (C=O) groups excluding carboxylic acids is 2. The molecule has 4 heteroatoms. The van der Waals surface area contributed by atoms with Gasteiger partial charge in [-0.1, -0.05) is 6.92 Å². The Morgan fingerprint density at radius 1 is 1.31 bits per heavy atom. The standard InChI is InChI=1S/C12H22N2O2/c1-3-4-12(16)13-9-11-5-7-14(8-6-11)10(2)15/h11H,3-9H2,1-2H3,(H,13,16). The highest BCUT2D eigenvalue weighted by molar-refractivity contribution is 5.75. The molecule has 2 amide bonds. The zero-order valence-corrected chi connectivity index (χ0v) is 10.3. The molecule has 1 aliphatic rings. The Morgan fingerprint density at radius 3 is 2.44 bits per heavy atom. The largest absolute Gasteiger partial charge is 0.356 e. The van der Waals surface area contributed by atoms with Crippen molar-refractivity contribution in [3.63, 3.8) is 0 Å². The van der Waals surface area contributed by atoms with E-state index < -0.39 is 0 Å². The molecule has 0 spiro atoms. The fourth-order valence-corrected chi connectivity index (χ4v) is 2.03. The van der Waals surface area contributed by atoms with Gasteiger partial charge in [0.1, 0.15) is 0 Å². The van der Waals surface area contributed by atoms with Gasteiger partial charge in [0.05, 0.1) is 0 Å². The molecular formula is C12H22N2O2. The van der Waals surface area contributed by atoms with Crippen LogP contribution in [0.5, 0.6) is 0 Å². The summed E-state index contributed by atoms with van der Waals surface area (Å²) in [4.78, 5) is 24.3. The topological polar surface area (TPSA) is 49.4 Å². The lowest BCUT2D eigenvalue weighted by Gasteiger charge is -2.31. The Balaban J connectivity index is 2.17. The smallest absolute Gasteiger partial charge is 0.219 e. The summed E-state index contributed by atoms with van der Waals surface area (Å²) in [6, 6.07) is 0. The van der Waals surface area contributed by atoms with Crippen molar-refractivity contribution in [2.45, 2.75) is 39.5 Å². The van der Waals surface area contributed by atoms with E-state index in [1.807, 2.05) is 11.8 Å². The minimum absolute atomic E-state index is 0.150. The minimum atomic E-state index is 0.150. The molecule has 1 heterocycles. The molecule has 0 atom stereocenters. The van der Waals surface area contributed by atoms with Gasteiger partial charge in [-0.25, -0.2) is 0 Å². The Hall–Kier alpha value is -1.06. The normalized spacial score (nSPS) is 17.2. The van der Waals surface area contributed by atoms with Crippen LogP contribution in [0, 0.1) is 5.92 Å². The summed E-state index contributed by atoms with van der Waals surface area (Å²) >= 11 is 0. The lowest BCUT2D eigenvalue weighted by Crippen LogP contribution is -2.40. The van der Waals surface area contributed by atoms with Crippen LogP contribution in [0.1, 0.15) is 39.5 Å². The predicted molar refractivity (Wildman–Crippen MR) is 62.9 cm³/mol. The van der Waals surface area contributed by atoms with Crippen molar-refractivity contribution in [3.8, 4) is 0 Å². The van der Waals surface area contributed by atoms with Gasteiger partial charge >= 0.3 is 0 Å². The molecular weight excluding hydrogens is 204 g/mol. The number of rotatable bonds is 4. The maximum Gasteiger partial charge on any atom is 0.219 e. The third kappa shape index (κ3) is 4.21. The van der Waals surface area contributed by atoms with Gasteiger partial charge in [0.15, 0.2) is 0 Å². The molecule has 1 saturated heterocycles. The molecule has 0 radical (unpaired) electrons.